The van der Waals surface area contributed by atoms with Gasteiger partial charge in [-0.15, -0.1) is 0 Å². The first-order chi connectivity index (χ1) is 7.83. The average Bonchev–Trinajstić information content (AvgIpc) is 2.75. The molecule has 1 N–H and O–H groups in total. The van der Waals surface area contributed by atoms with Crippen molar-refractivity contribution in [1.29, 1.82) is 0 Å². The van der Waals surface area contributed by atoms with E-state index in [4.69, 9.17) is 0 Å². The fourth-order valence-electron chi connectivity index (χ4n) is 1.55. The number of aromatic amines is 1. The van der Waals surface area contributed by atoms with Crippen molar-refractivity contribution < 1.29 is 4.52 Å². The number of hydrogen-bond donors (Lipinski definition) is 1. The molecule has 2 aromatic heterocycles. The Morgan fingerprint density at radius 2 is 2.12 bits per heavy atom. The second-order valence-corrected chi connectivity index (χ2v) is 3.36. The molecule has 5 nitrogen and oxygen atoms in total. The molecule has 3 aromatic rings. The highest BCUT2D eigenvalue weighted by molar-refractivity contribution is 5.82. The summed E-state index contributed by atoms with van der Waals surface area (Å²) in [5.74, 6) is -0.175. The van der Waals surface area contributed by atoms with Gasteiger partial charge in [-0.2, -0.15) is 0 Å². The molecule has 0 radical (unpaired) electrons. The zero-order valence-corrected chi connectivity index (χ0v) is 8.18. The van der Waals surface area contributed by atoms with Gasteiger partial charge in [-0.25, -0.2) is 4.79 Å². The molecule has 5 heteroatoms. The minimum Gasteiger partial charge on any atom is -0.296 e. The zero-order valence-electron chi connectivity index (χ0n) is 8.18. The second kappa shape index (κ2) is 3.30. The van der Waals surface area contributed by atoms with Crippen molar-refractivity contribution in [3.05, 3.63) is 47.1 Å². The molecule has 0 fully saturated rings. The van der Waals surface area contributed by atoms with E-state index in [1.807, 2.05) is 30.3 Å². The monoisotopic (exact) mass is 213 g/mol. The zero-order chi connectivity index (χ0) is 11.0. The van der Waals surface area contributed by atoms with Gasteiger partial charge in [0.15, 0.2) is 5.82 Å². The molecule has 2 heterocycles. The maximum atomic E-state index is 10.8. The average molecular weight is 213 g/mol. The lowest BCUT2D eigenvalue weighted by Crippen LogP contribution is -1.95. The van der Waals surface area contributed by atoms with Gasteiger partial charge in [0, 0.05) is 17.1 Å². The fraction of sp³-hybridized carbons (Fsp3) is 0. The Morgan fingerprint density at radius 1 is 1.25 bits per heavy atom. The molecule has 0 atom stereocenters. The topological polar surface area (TPSA) is 71.8 Å². The maximum Gasteiger partial charge on any atom is 0.439 e. The van der Waals surface area contributed by atoms with Crippen molar-refractivity contribution in [2.45, 2.75) is 0 Å². The van der Waals surface area contributed by atoms with E-state index in [0.29, 0.717) is 5.82 Å². The molecule has 0 saturated carbocycles. The normalized spacial score (nSPS) is 10.8. The second-order valence-electron chi connectivity index (χ2n) is 3.36. The lowest BCUT2D eigenvalue weighted by atomic mass is 10.1. The van der Waals surface area contributed by atoms with Crippen LogP contribution in [0.4, 0.5) is 0 Å². The van der Waals surface area contributed by atoms with Gasteiger partial charge in [0.05, 0.1) is 5.52 Å². The van der Waals surface area contributed by atoms with Crippen LogP contribution < -0.4 is 5.76 Å². The highest BCUT2D eigenvalue weighted by Crippen LogP contribution is 2.18. The van der Waals surface area contributed by atoms with Gasteiger partial charge in [0.25, 0.3) is 0 Å². The first-order valence-corrected chi connectivity index (χ1v) is 4.74. The lowest BCUT2D eigenvalue weighted by Gasteiger charge is -1.98. The number of H-pyrrole nitrogens is 1. The SMILES string of the molecule is O=c1[nH]c(-c2cnc3ccccc3c2)no1. The van der Waals surface area contributed by atoms with E-state index in [1.54, 1.807) is 6.20 Å². The standard InChI is InChI=1S/C11H7N3O2/c15-11-13-10(14-16-11)8-5-7-3-1-2-4-9(7)12-6-8/h1-6H,(H,13,14,15). The van der Waals surface area contributed by atoms with Crippen LogP contribution in [0.15, 0.2) is 45.8 Å². The molecule has 1 aromatic carbocycles. The van der Waals surface area contributed by atoms with E-state index in [-0.39, 0.29) is 0 Å². The van der Waals surface area contributed by atoms with E-state index < -0.39 is 5.76 Å². The number of fused-ring (bicyclic) bond motifs is 1. The minimum absolute atomic E-state index is 0.392. The van der Waals surface area contributed by atoms with Gasteiger partial charge >= 0.3 is 5.76 Å². The van der Waals surface area contributed by atoms with E-state index in [1.165, 1.54) is 0 Å². The summed E-state index contributed by atoms with van der Waals surface area (Å²) in [5.41, 5.74) is 1.63. The summed E-state index contributed by atoms with van der Waals surface area (Å²) < 4.78 is 4.44. The van der Waals surface area contributed by atoms with E-state index in [0.717, 1.165) is 16.5 Å². The summed E-state index contributed by atoms with van der Waals surface area (Å²) >= 11 is 0. The molecule has 78 valence electrons. The summed E-state index contributed by atoms with van der Waals surface area (Å²) in [6.45, 7) is 0. The van der Waals surface area contributed by atoms with Crippen molar-refractivity contribution in [3.8, 4) is 11.4 Å². The molecular weight excluding hydrogens is 206 g/mol. The van der Waals surface area contributed by atoms with Crippen molar-refractivity contribution in [2.75, 3.05) is 0 Å². The largest absolute Gasteiger partial charge is 0.439 e. The number of pyridine rings is 1. The van der Waals surface area contributed by atoms with Crippen LogP contribution in [0, 0.1) is 0 Å². The molecule has 3 rings (SSSR count). The van der Waals surface area contributed by atoms with Crippen LogP contribution in [-0.2, 0) is 0 Å². The van der Waals surface area contributed by atoms with Gasteiger partial charge in [-0.3, -0.25) is 14.5 Å². The number of benzene rings is 1. The predicted octanol–water partition coefficient (Wildman–Crippen LogP) is 1.58. The summed E-state index contributed by atoms with van der Waals surface area (Å²) in [6, 6.07) is 9.62. The Hall–Kier alpha value is -2.43. The summed E-state index contributed by atoms with van der Waals surface area (Å²) in [4.78, 5) is 17.6. The predicted molar refractivity (Wildman–Crippen MR) is 57.9 cm³/mol. The molecule has 0 saturated heterocycles. The van der Waals surface area contributed by atoms with Gasteiger partial charge in [-0.1, -0.05) is 23.4 Å². The number of hydrogen-bond acceptors (Lipinski definition) is 4. The molecule has 0 aliphatic carbocycles. The van der Waals surface area contributed by atoms with Crippen LogP contribution in [0.2, 0.25) is 0 Å². The third-order valence-corrected chi connectivity index (χ3v) is 2.30. The number of nitrogens with zero attached hydrogens (tertiary/aromatic N) is 2. The van der Waals surface area contributed by atoms with E-state index in [2.05, 4.69) is 19.6 Å². The first kappa shape index (κ1) is 8.84. The number of rotatable bonds is 1. The first-order valence-electron chi connectivity index (χ1n) is 4.74. The van der Waals surface area contributed by atoms with Crippen molar-refractivity contribution >= 4 is 10.9 Å². The third-order valence-electron chi connectivity index (χ3n) is 2.30. The van der Waals surface area contributed by atoms with Crippen LogP contribution in [0.5, 0.6) is 0 Å². The van der Waals surface area contributed by atoms with Crippen LogP contribution >= 0.6 is 0 Å². The van der Waals surface area contributed by atoms with Crippen molar-refractivity contribution in [3.63, 3.8) is 0 Å². The highest BCUT2D eigenvalue weighted by atomic mass is 16.5. The molecule has 0 aliphatic heterocycles. The lowest BCUT2D eigenvalue weighted by molar-refractivity contribution is 0.388. The Morgan fingerprint density at radius 3 is 2.94 bits per heavy atom. The Bertz CT molecular complexity index is 699. The molecule has 0 aliphatic rings. The Kier molecular flexibility index (Phi) is 1.83. The summed E-state index contributed by atoms with van der Waals surface area (Å²) in [5, 5.41) is 4.60. The fourth-order valence-corrected chi connectivity index (χ4v) is 1.55. The number of nitrogens with one attached hydrogen (secondary N) is 1. The van der Waals surface area contributed by atoms with Crippen LogP contribution in [0.1, 0.15) is 0 Å². The van der Waals surface area contributed by atoms with Gasteiger partial charge in [0.2, 0.25) is 0 Å². The van der Waals surface area contributed by atoms with Gasteiger partial charge in [-0.05, 0) is 12.1 Å². The third kappa shape index (κ3) is 1.38. The van der Waals surface area contributed by atoms with E-state index in [9.17, 15) is 4.79 Å². The Labute approximate surface area is 89.7 Å². The number of aromatic nitrogens is 3. The van der Waals surface area contributed by atoms with E-state index >= 15 is 0 Å². The molecular formula is C11H7N3O2. The van der Waals surface area contributed by atoms with Gasteiger partial charge in [0.1, 0.15) is 0 Å². The molecule has 0 unspecified atom stereocenters. The quantitative estimate of drug-likeness (QED) is 0.666. The number of para-hydroxylation sites is 1. The van der Waals surface area contributed by atoms with Crippen LogP contribution in [-0.4, -0.2) is 15.1 Å². The van der Waals surface area contributed by atoms with Gasteiger partial charge < -0.3 is 0 Å². The Balaban J connectivity index is 2.22. The smallest absolute Gasteiger partial charge is 0.296 e. The van der Waals surface area contributed by atoms with Crippen molar-refractivity contribution in [1.82, 2.24) is 15.1 Å². The summed E-state index contributed by atoms with van der Waals surface area (Å²) in [6.07, 6.45) is 1.65. The maximum absolute atomic E-state index is 10.8. The highest BCUT2D eigenvalue weighted by Gasteiger charge is 2.05. The van der Waals surface area contributed by atoms with Crippen molar-refractivity contribution in [2.24, 2.45) is 0 Å². The van der Waals surface area contributed by atoms with Crippen LogP contribution in [0.3, 0.4) is 0 Å². The summed E-state index contributed by atoms with van der Waals surface area (Å²) in [7, 11) is 0. The molecule has 0 spiro atoms. The molecule has 0 bridgehead atoms. The molecule has 0 amide bonds. The molecule has 16 heavy (non-hydrogen) atoms. The minimum atomic E-state index is -0.567. The van der Waals surface area contributed by atoms with Crippen LogP contribution in [0.25, 0.3) is 22.3 Å².